The smallest absolute Gasteiger partial charge is 0.282 e. The molecule has 29 heavy (non-hydrogen) atoms. The van der Waals surface area contributed by atoms with E-state index in [0.29, 0.717) is 38.2 Å². The standard InChI is InChI=1S/C21H21BrIN3O3/c1-4-12(3)20-25-17-7-6-14(22)10-15(17)21(28)26(20)24-11-13-8-16(23)19(27)18(9-13)29-5-2/h6-12,27H,4-5H2,1-3H3/t12-/m0/s1. The molecule has 0 unspecified atom stereocenters. The molecule has 1 heterocycles. The number of aromatic hydroxyl groups is 1. The van der Waals surface area contributed by atoms with Crippen LogP contribution in [-0.4, -0.2) is 27.6 Å². The van der Waals surface area contributed by atoms with Gasteiger partial charge in [0.05, 0.1) is 27.3 Å². The summed E-state index contributed by atoms with van der Waals surface area (Å²) in [5.74, 6) is 1.16. The van der Waals surface area contributed by atoms with Crippen molar-refractivity contribution in [3.8, 4) is 11.5 Å². The minimum absolute atomic E-state index is 0.0619. The molecule has 0 radical (unpaired) electrons. The monoisotopic (exact) mass is 569 g/mol. The van der Waals surface area contributed by atoms with Gasteiger partial charge in [-0.3, -0.25) is 4.79 Å². The van der Waals surface area contributed by atoms with Gasteiger partial charge in [-0.2, -0.15) is 9.78 Å². The SMILES string of the molecule is CCOc1cc(C=Nn2c([C@@H](C)CC)nc3ccc(Br)cc3c2=O)cc(I)c1O. The lowest BCUT2D eigenvalue weighted by atomic mass is 10.1. The summed E-state index contributed by atoms with van der Waals surface area (Å²) in [4.78, 5) is 17.9. The van der Waals surface area contributed by atoms with Crippen molar-refractivity contribution < 1.29 is 9.84 Å². The van der Waals surface area contributed by atoms with E-state index >= 15 is 0 Å². The molecule has 152 valence electrons. The van der Waals surface area contributed by atoms with Crippen LogP contribution in [-0.2, 0) is 0 Å². The molecular weight excluding hydrogens is 549 g/mol. The molecule has 3 aromatic rings. The number of phenols is 1. The van der Waals surface area contributed by atoms with Crippen molar-refractivity contribution in [1.29, 1.82) is 0 Å². The van der Waals surface area contributed by atoms with Crippen LogP contribution < -0.4 is 10.3 Å². The predicted molar refractivity (Wildman–Crippen MR) is 127 cm³/mol. The van der Waals surface area contributed by atoms with Crippen LogP contribution in [0.2, 0.25) is 0 Å². The molecular formula is C21H21BrIN3O3. The van der Waals surface area contributed by atoms with Crippen LogP contribution in [0.5, 0.6) is 11.5 Å². The highest BCUT2D eigenvalue weighted by atomic mass is 127. The second-order valence-electron chi connectivity index (χ2n) is 6.58. The molecule has 0 saturated carbocycles. The molecule has 2 aromatic carbocycles. The third-order valence-corrected chi connectivity index (χ3v) is 5.87. The summed E-state index contributed by atoms with van der Waals surface area (Å²) < 4.78 is 8.30. The van der Waals surface area contributed by atoms with Gasteiger partial charge in [-0.25, -0.2) is 4.98 Å². The van der Waals surface area contributed by atoms with Crippen molar-refractivity contribution in [1.82, 2.24) is 9.66 Å². The summed E-state index contributed by atoms with van der Waals surface area (Å²) in [6.45, 7) is 6.36. The van der Waals surface area contributed by atoms with E-state index in [1.807, 2.05) is 55.5 Å². The van der Waals surface area contributed by atoms with Crippen LogP contribution in [0.15, 0.2) is 44.7 Å². The van der Waals surface area contributed by atoms with E-state index in [-0.39, 0.29) is 17.2 Å². The Labute approximate surface area is 190 Å². The summed E-state index contributed by atoms with van der Waals surface area (Å²) >= 11 is 5.45. The van der Waals surface area contributed by atoms with E-state index < -0.39 is 0 Å². The Morgan fingerprint density at radius 1 is 1.34 bits per heavy atom. The van der Waals surface area contributed by atoms with E-state index in [0.717, 1.165) is 10.9 Å². The fourth-order valence-electron chi connectivity index (χ4n) is 2.84. The summed E-state index contributed by atoms with van der Waals surface area (Å²) in [5.41, 5.74) is 1.14. The van der Waals surface area contributed by atoms with Crippen molar-refractivity contribution in [2.75, 3.05) is 6.61 Å². The first-order chi connectivity index (χ1) is 13.8. The number of hydrogen-bond donors (Lipinski definition) is 1. The summed E-state index contributed by atoms with van der Waals surface area (Å²) in [7, 11) is 0. The fraction of sp³-hybridized carbons (Fsp3) is 0.286. The lowest BCUT2D eigenvalue weighted by Crippen LogP contribution is -2.23. The number of nitrogens with zero attached hydrogens (tertiary/aromatic N) is 3. The third kappa shape index (κ3) is 4.63. The molecule has 0 aliphatic heterocycles. The number of halogens is 2. The number of fused-ring (bicyclic) bond motifs is 1. The van der Waals surface area contributed by atoms with Gasteiger partial charge in [0.1, 0.15) is 5.82 Å². The van der Waals surface area contributed by atoms with E-state index in [1.165, 1.54) is 4.68 Å². The van der Waals surface area contributed by atoms with E-state index in [4.69, 9.17) is 9.72 Å². The third-order valence-electron chi connectivity index (χ3n) is 4.56. The van der Waals surface area contributed by atoms with Crippen LogP contribution in [0.4, 0.5) is 0 Å². The Morgan fingerprint density at radius 2 is 2.10 bits per heavy atom. The average molecular weight is 570 g/mol. The fourth-order valence-corrected chi connectivity index (χ4v) is 3.82. The predicted octanol–water partition coefficient (Wildman–Crippen LogP) is 5.26. The number of hydrogen-bond acceptors (Lipinski definition) is 5. The molecule has 0 bridgehead atoms. The quantitative estimate of drug-likeness (QED) is 0.324. The number of ether oxygens (including phenoxy) is 1. The zero-order valence-corrected chi connectivity index (χ0v) is 20.1. The van der Waals surface area contributed by atoms with Gasteiger partial charge in [0.15, 0.2) is 11.5 Å². The molecule has 8 heteroatoms. The Morgan fingerprint density at radius 3 is 2.79 bits per heavy atom. The molecule has 0 spiro atoms. The Hall–Kier alpha value is -1.94. The summed E-state index contributed by atoms with van der Waals surface area (Å²) in [6, 6.07) is 8.94. The van der Waals surface area contributed by atoms with Crippen molar-refractivity contribution in [2.45, 2.75) is 33.1 Å². The van der Waals surface area contributed by atoms with Gasteiger partial charge < -0.3 is 9.84 Å². The molecule has 6 nitrogen and oxygen atoms in total. The molecule has 0 saturated heterocycles. The topological polar surface area (TPSA) is 76.7 Å². The van der Waals surface area contributed by atoms with Gasteiger partial charge >= 0.3 is 0 Å². The van der Waals surface area contributed by atoms with Crippen LogP contribution in [0.25, 0.3) is 10.9 Å². The minimum atomic E-state index is -0.221. The van der Waals surface area contributed by atoms with Gasteiger partial charge in [0, 0.05) is 10.4 Å². The lowest BCUT2D eigenvalue weighted by molar-refractivity contribution is 0.317. The Balaban J connectivity index is 2.16. The number of rotatable bonds is 6. The van der Waals surface area contributed by atoms with Crippen molar-refractivity contribution in [2.24, 2.45) is 5.10 Å². The maximum absolute atomic E-state index is 13.2. The largest absolute Gasteiger partial charge is 0.504 e. The van der Waals surface area contributed by atoms with Crippen LogP contribution in [0.1, 0.15) is 44.5 Å². The van der Waals surface area contributed by atoms with Gasteiger partial charge in [0.25, 0.3) is 5.56 Å². The van der Waals surface area contributed by atoms with E-state index in [2.05, 4.69) is 21.0 Å². The van der Waals surface area contributed by atoms with Gasteiger partial charge in [-0.1, -0.05) is 29.8 Å². The second-order valence-corrected chi connectivity index (χ2v) is 8.66. The average Bonchev–Trinajstić information content (AvgIpc) is 2.70. The Kier molecular flexibility index (Phi) is 6.94. The maximum Gasteiger partial charge on any atom is 0.282 e. The highest BCUT2D eigenvalue weighted by Crippen LogP contribution is 2.32. The first-order valence-corrected chi connectivity index (χ1v) is 11.1. The summed E-state index contributed by atoms with van der Waals surface area (Å²) in [6.07, 6.45) is 2.42. The molecule has 1 atom stereocenters. The van der Waals surface area contributed by atoms with E-state index in [9.17, 15) is 9.90 Å². The minimum Gasteiger partial charge on any atom is -0.504 e. The molecule has 1 aromatic heterocycles. The number of aromatic nitrogens is 2. The second kappa shape index (κ2) is 9.25. The van der Waals surface area contributed by atoms with Crippen LogP contribution in [0.3, 0.4) is 0 Å². The molecule has 0 aliphatic rings. The highest BCUT2D eigenvalue weighted by molar-refractivity contribution is 14.1. The van der Waals surface area contributed by atoms with Crippen LogP contribution in [0, 0.1) is 3.57 Å². The molecule has 0 aliphatic carbocycles. The highest BCUT2D eigenvalue weighted by Gasteiger charge is 2.16. The zero-order chi connectivity index (χ0) is 21.1. The van der Waals surface area contributed by atoms with Gasteiger partial charge in [-0.15, -0.1) is 0 Å². The van der Waals surface area contributed by atoms with Gasteiger partial charge in [0.2, 0.25) is 0 Å². The van der Waals surface area contributed by atoms with Crippen molar-refractivity contribution in [3.63, 3.8) is 0 Å². The molecule has 3 rings (SSSR count). The zero-order valence-electron chi connectivity index (χ0n) is 16.3. The maximum atomic E-state index is 13.2. The first kappa shape index (κ1) is 21.8. The molecule has 0 fully saturated rings. The van der Waals surface area contributed by atoms with Crippen LogP contribution >= 0.6 is 38.5 Å². The normalized spacial score (nSPS) is 12.6. The number of phenolic OH excluding ortho intramolecular Hbond substituents is 1. The van der Waals surface area contributed by atoms with Crippen molar-refractivity contribution >= 4 is 55.6 Å². The first-order valence-electron chi connectivity index (χ1n) is 9.27. The summed E-state index contributed by atoms with van der Waals surface area (Å²) in [5, 5.41) is 15.1. The molecule has 0 amide bonds. The number of benzene rings is 2. The van der Waals surface area contributed by atoms with Gasteiger partial charge in [-0.05, 0) is 71.8 Å². The Bertz CT molecular complexity index is 1140. The molecule has 1 N–H and O–H groups in total. The van der Waals surface area contributed by atoms with Crippen molar-refractivity contribution in [3.05, 3.63) is 60.1 Å². The lowest BCUT2D eigenvalue weighted by Gasteiger charge is -2.14. The van der Waals surface area contributed by atoms with E-state index in [1.54, 1.807) is 24.4 Å².